The van der Waals surface area contributed by atoms with Crippen molar-refractivity contribution in [2.75, 3.05) is 0 Å². The summed E-state index contributed by atoms with van der Waals surface area (Å²) in [4.78, 5) is 11.4. The van der Waals surface area contributed by atoms with E-state index in [-0.39, 0.29) is 11.1 Å². The van der Waals surface area contributed by atoms with Crippen LogP contribution in [0.1, 0.15) is 0 Å². The third kappa shape index (κ3) is 1.85. The summed E-state index contributed by atoms with van der Waals surface area (Å²) in [6.45, 7) is 0. The average Bonchev–Trinajstić information content (AvgIpc) is 2.18. The lowest BCUT2D eigenvalue weighted by atomic mass is 10.2. The van der Waals surface area contributed by atoms with Gasteiger partial charge < -0.3 is 0 Å². The summed E-state index contributed by atoms with van der Waals surface area (Å²) in [5, 5.41) is 0.0965. The Morgan fingerprint density at radius 3 is 2.79 bits per heavy atom. The first kappa shape index (κ1) is 9.02. The smallest absolute Gasteiger partial charge is 0.216 e. The van der Waals surface area contributed by atoms with Crippen molar-refractivity contribution in [1.82, 2.24) is 15.0 Å². The van der Waals surface area contributed by atoms with E-state index in [9.17, 15) is 4.39 Å². The van der Waals surface area contributed by atoms with Gasteiger partial charge in [0, 0.05) is 5.56 Å². The molecular formula is C9H5ClFN3. The van der Waals surface area contributed by atoms with E-state index in [1.54, 1.807) is 12.1 Å². The lowest BCUT2D eigenvalue weighted by Gasteiger charge is -1.98. The average molecular weight is 210 g/mol. The molecule has 0 saturated heterocycles. The predicted molar refractivity (Wildman–Crippen MR) is 50.2 cm³/mol. The SMILES string of the molecule is Fc1cccc(-c2ncnc(Cl)n2)c1. The molecule has 1 aromatic heterocycles. The highest BCUT2D eigenvalue weighted by atomic mass is 35.5. The van der Waals surface area contributed by atoms with E-state index >= 15 is 0 Å². The van der Waals surface area contributed by atoms with E-state index < -0.39 is 0 Å². The predicted octanol–water partition coefficient (Wildman–Crippen LogP) is 2.33. The molecule has 2 aromatic rings. The number of aromatic nitrogens is 3. The largest absolute Gasteiger partial charge is 0.225 e. The van der Waals surface area contributed by atoms with Crippen LogP contribution in [0.2, 0.25) is 5.28 Å². The maximum Gasteiger partial charge on any atom is 0.225 e. The molecule has 3 nitrogen and oxygen atoms in total. The zero-order chi connectivity index (χ0) is 9.97. The molecule has 5 heteroatoms. The molecule has 1 heterocycles. The van der Waals surface area contributed by atoms with Gasteiger partial charge in [-0.15, -0.1) is 0 Å². The van der Waals surface area contributed by atoms with Gasteiger partial charge in [-0.25, -0.2) is 14.4 Å². The van der Waals surface area contributed by atoms with Crippen molar-refractivity contribution in [1.29, 1.82) is 0 Å². The van der Waals surface area contributed by atoms with Gasteiger partial charge in [0.2, 0.25) is 5.28 Å². The number of hydrogen-bond acceptors (Lipinski definition) is 3. The van der Waals surface area contributed by atoms with Gasteiger partial charge in [-0.2, -0.15) is 4.98 Å². The van der Waals surface area contributed by atoms with Gasteiger partial charge in [-0.3, -0.25) is 0 Å². The summed E-state index contributed by atoms with van der Waals surface area (Å²) in [6.07, 6.45) is 1.29. The molecule has 0 spiro atoms. The molecule has 0 amide bonds. The molecular weight excluding hydrogens is 205 g/mol. The van der Waals surface area contributed by atoms with Crippen LogP contribution in [0.3, 0.4) is 0 Å². The van der Waals surface area contributed by atoms with Crippen molar-refractivity contribution in [3.05, 3.63) is 41.7 Å². The fraction of sp³-hybridized carbons (Fsp3) is 0. The molecule has 0 radical (unpaired) electrons. The molecule has 0 fully saturated rings. The first-order chi connectivity index (χ1) is 6.75. The normalized spacial score (nSPS) is 10.1. The van der Waals surface area contributed by atoms with Gasteiger partial charge in [-0.1, -0.05) is 12.1 Å². The van der Waals surface area contributed by atoms with Gasteiger partial charge in [0.15, 0.2) is 5.82 Å². The fourth-order valence-electron chi connectivity index (χ4n) is 1.04. The molecule has 70 valence electrons. The third-order valence-electron chi connectivity index (χ3n) is 1.63. The Bertz CT molecular complexity index is 418. The van der Waals surface area contributed by atoms with Crippen LogP contribution in [0.25, 0.3) is 11.4 Å². The molecule has 0 N–H and O–H groups in total. The van der Waals surface area contributed by atoms with Crippen LogP contribution < -0.4 is 0 Å². The van der Waals surface area contributed by atoms with Gasteiger partial charge in [0.05, 0.1) is 0 Å². The fourth-order valence-corrected chi connectivity index (χ4v) is 1.17. The van der Waals surface area contributed by atoms with E-state index in [2.05, 4.69) is 15.0 Å². The maximum absolute atomic E-state index is 12.8. The Kier molecular flexibility index (Phi) is 2.37. The van der Waals surface area contributed by atoms with E-state index in [4.69, 9.17) is 11.6 Å². The van der Waals surface area contributed by atoms with Crippen LogP contribution >= 0.6 is 11.6 Å². The van der Waals surface area contributed by atoms with Crippen molar-refractivity contribution in [2.24, 2.45) is 0 Å². The Morgan fingerprint density at radius 1 is 1.21 bits per heavy atom. The van der Waals surface area contributed by atoms with Crippen LogP contribution in [0.15, 0.2) is 30.6 Å². The lowest BCUT2D eigenvalue weighted by molar-refractivity contribution is 0.628. The Hall–Kier alpha value is -1.55. The minimum atomic E-state index is -0.334. The molecule has 0 bridgehead atoms. The van der Waals surface area contributed by atoms with E-state index in [0.29, 0.717) is 11.4 Å². The minimum absolute atomic E-state index is 0.0965. The molecule has 0 saturated carbocycles. The van der Waals surface area contributed by atoms with Crippen molar-refractivity contribution < 1.29 is 4.39 Å². The summed E-state index contributed by atoms with van der Waals surface area (Å²) < 4.78 is 12.8. The van der Waals surface area contributed by atoms with Crippen molar-refractivity contribution in [3.8, 4) is 11.4 Å². The molecule has 0 aliphatic rings. The molecule has 14 heavy (non-hydrogen) atoms. The van der Waals surface area contributed by atoms with Crippen LogP contribution in [0.4, 0.5) is 4.39 Å². The van der Waals surface area contributed by atoms with Gasteiger partial charge in [0.1, 0.15) is 12.1 Å². The number of hydrogen-bond donors (Lipinski definition) is 0. The third-order valence-corrected chi connectivity index (χ3v) is 1.81. The molecule has 0 aliphatic heterocycles. The van der Waals surface area contributed by atoms with E-state index in [1.165, 1.54) is 18.5 Å². The van der Waals surface area contributed by atoms with Gasteiger partial charge >= 0.3 is 0 Å². The number of rotatable bonds is 1. The summed E-state index contributed by atoms with van der Waals surface area (Å²) in [5.74, 6) is 0.0311. The van der Waals surface area contributed by atoms with Crippen molar-refractivity contribution >= 4 is 11.6 Å². The molecule has 1 aromatic carbocycles. The topological polar surface area (TPSA) is 38.7 Å². The highest BCUT2D eigenvalue weighted by Crippen LogP contribution is 2.15. The maximum atomic E-state index is 12.8. The number of nitrogens with zero attached hydrogens (tertiary/aromatic N) is 3. The summed E-state index contributed by atoms with van der Waals surface area (Å²) >= 11 is 5.58. The van der Waals surface area contributed by atoms with Crippen LogP contribution in [0, 0.1) is 5.82 Å². The lowest BCUT2D eigenvalue weighted by Crippen LogP contribution is -1.91. The number of halogens is 2. The quantitative estimate of drug-likeness (QED) is 0.724. The summed E-state index contributed by atoms with van der Waals surface area (Å²) in [7, 11) is 0. The highest BCUT2D eigenvalue weighted by molar-refractivity contribution is 6.28. The summed E-state index contributed by atoms with van der Waals surface area (Å²) in [5.41, 5.74) is 0.578. The minimum Gasteiger partial charge on any atom is -0.216 e. The molecule has 0 atom stereocenters. The Labute approximate surface area is 84.6 Å². The standard InChI is InChI=1S/C9H5ClFN3/c10-9-13-5-12-8(14-9)6-2-1-3-7(11)4-6/h1-5H. The van der Waals surface area contributed by atoms with Crippen LogP contribution in [0.5, 0.6) is 0 Å². The molecule has 2 rings (SSSR count). The second-order valence-corrected chi connectivity index (χ2v) is 2.93. The second-order valence-electron chi connectivity index (χ2n) is 2.59. The first-order valence-corrected chi connectivity index (χ1v) is 4.24. The second kappa shape index (κ2) is 3.67. The molecule has 0 unspecified atom stereocenters. The molecule has 0 aliphatic carbocycles. The highest BCUT2D eigenvalue weighted by Gasteiger charge is 2.02. The first-order valence-electron chi connectivity index (χ1n) is 3.86. The van der Waals surface area contributed by atoms with Crippen LogP contribution in [-0.2, 0) is 0 Å². The monoisotopic (exact) mass is 209 g/mol. The number of benzene rings is 1. The van der Waals surface area contributed by atoms with E-state index in [1.807, 2.05) is 0 Å². The van der Waals surface area contributed by atoms with Crippen LogP contribution in [-0.4, -0.2) is 15.0 Å². The Morgan fingerprint density at radius 2 is 2.07 bits per heavy atom. The van der Waals surface area contributed by atoms with Crippen molar-refractivity contribution in [2.45, 2.75) is 0 Å². The van der Waals surface area contributed by atoms with Gasteiger partial charge in [0.25, 0.3) is 0 Å². The Balaban J connectivity index is 2.49. The van der Waals surface area contributed by atoms with Gasteiger partial charge in [-0.05, 0) is 23.7 Å². The summed E-state index contributed by atoms with van der Waals surface area (Å²) in [6, 6.07) is 5.98. The zero-order valence-corrected chi connectivity index (χ0v) is 7.74. The van der Waals surface area contributed by atoms with E-state index in [0.717, 1.165) is 0 Å². The zero-order valence-electron chi connectivity index (χ0n) is 6.98. The van der Waals surface area contributed by atoms with Crippen molar-refractivity contribution in [3.63, 3.8) is 0 Å².